The molecule has 2 fully saturated rings. The van der Waals surface area contributed by atoms with Crippen LogP contribution in [0, 0.1) is 0 Å². The fourth-order valence-corrected chi connectivity index (χ4v) is 4.80. The lowest BCUT2D eigenvalue weighted by Crippen LogP contribution is -2.55. The van der Waals surface area contributed by atoms with Gasteiger partial charge in [-0.3, -0.25) is 4.79 Å². The Hall–Kier alpha value is -2.77. The van der Waals surface area contributed by atoms with E-state index in [1.165, 1.54) is 20.0 Å². The number of oxime groups is 1. The van der Waals surface area contributed by atoms with Crippen molar-refractivity contribution in [3.8, 4) is 11.5 Å². The van der Waals surface area contributed by atoms with E-state index in [0.29, 0.717) is 36.6 Å². The van der Waals surface area contributed by atoms with E-state index in [-0.39, 0.29) is 18.0 Å². The Morgan fingerprint density at radius 1 is 1.09 bits per heavy atom. The van der Waals surface area contributed by atoms with Crippen molar-refractivity contribution in [3.05, 3.63) is 23.8 Å². The van der Waals surface area contributed by atoms with Gasteiger partial charge < -0.3 is 23.9 Å². The third-order valence-electron chi connectivity index (χ3n) is 6.64. The highest BCUT2D eigenvalue weighted by Gasteiger charge is 2.48. The van der Waals surface area contributed by atoms with Gasteiger partial charge in [-0.05, 0) is 70.1 Å². The first-order chi connectivity index (χ1) is 15.4. The largest absolute Gasteiger partial charge is 0.493 e. The SMILES string of the molecule is COC(=O)C1CCCCN1C(=O)C1(C)CC(c2ccc(OC)c(OC3CCCC3)c2)=NO1. The van der Waals surface area contributed by atoms with Crippen LogP contribution in [0.5, 0.6) is 11.5 Å². The number of benzene rings is 1. The molecule has 0 spiro atoms. The molecule has 1 saturated heterocycles. The predicted molar refractivity (Wildman–Crippen MR) is 118 cm³/mol. The number of piperidine rings is 1. The maximum atomic E-state index is 13.4. The first-order valence-electron chi connectivity index (χ1n) is 11.4. The Morgan fingerprint density at radius 2 is 1.84 bits per heavy atom. The highest BCUT2D eigenvalue weighted by molar-refractivity contribution is 6.06. The van der Waals surface area contributed by atoms with E-state index in [2.05, 4.69) is 5.16 Å². The summed E-state index contributed by atoms with van der Waals surface area (Å²) in [6.45, 7) is 2.24. The molecule has 4 rings (SSSR count). The smallest absolute Gasteiger partial charge is 0.328 e. The van der Waals surface area contributed by atoms with Crippen molar-refractivity contribution in [1.82, 2.24) is 4.90 Å². The van der Waals surface area contributed by atoms with Gasteiger partial charge in [0.2, 0.25) is 5.60 Å². The Kier molecular flexibility index (Phi) is 6.58. The number of amides is 1. The van der Waals surface area contributed by atoms with Crippen LogP contribution in [0.2, 0.25) is 0 Å². The molecule has 0 bridgehead atoms. The molecule has 1 aromatic rings. The summed E-state index contributed by atoms with van der Waals surface area (Å²) >= 11 is 0. The predicted octanol–water partition coefficient (Wildman–Crippen LogP) is 3.45. The summed E-state index contributed by atoms with van der Waals surface area (Å²) in [5.74, 6) is 0.737. The van der Waals surface area contributed by atoms with E-state index in [9.17, 15) is 9.59 Å². The number of esters is 1. The number of ether oxygens (including phenoxy) is 3. The molecule has 32 heavy (non-hydrogen) atoms. The summed E-state index contributed by atoms with van der Waals surface area (Å²) in [7, 11) is 2.97. The third-order valence-corrected chi connectivity index (χ3v) is 6.64. The van der Waals surface area contributed by atoms with Crippen LogP contribution in [0.4, 0.5) is 0 Å². The number of likely N-dealkylation sites (tertiary alicyclic amines) is 1. The molecular formula is C24H32N2O6. The van der Waals surface area contributed by atoms with Gasteiger partial charge in [0.15, 0.2) is 11.5 Å². The molecule has 0 radical (unpaired) electrons. The summed E-state index contributed by atoms with van der Waals surface area (Å²) in [5.41, 5.74) is 0.343. The average Bonchev–Trinajstić information content (AvgIpc) is 3.48. The highest BCUT2D eigenvalue weighted by atomic mass is 16.7. The fraction of sp³-hybridized carbons (Fsp3) is 0.625. The first-order valence-corrected chi connectivity index (χ1v) is 11.4. The summed E-state index contributed by atoms with van der Waals surface area (Å²) in [6, 6.07) is 5.10. The Bertz CT molecular complexity index is 894. The van der Waals surface area contributed by atoms with Crippen LogP contribution in [0.25, 0.3) is 0 Å². The van der Waals surface area contributed by atoms with Gasteiger partial charge >= 0.3 is 5.97 Å². The van der Waals surface area contributed by atoms with Crippen LogP contribution in [0.1, 0.15) is 63.9 Å². The summed E-state index contributed by atoms with van der Waals surface area (Å²) < 4.78 is 16.6. The quantitative estimate of drug-likeness (QED) is 0.625. The molecular weight excluding hydrogens is 412 g/mol. The molecule has 2 aliphatic heterocycles. The second kappa shape index (κ2) is 9.38. The summed E-state index contributed by atoms with van der Waals surface area (Å²) in [4.78, 5) is 32.9. The Morgan fingerprint density at radius 3 is 2.56 bits per heavy atom. The first kappa shape index (κ1) is 22.4. The van der Waals surface area contributed by atoms with Crippen molar-refractivity contribution < 1.29 is 28.6 Å². The van der Waals surface area contributed by atoms with Crippen molar-refractivity contribution in [2.45, 2.75) is 76.0 Å². The van der Waals surface area contributed by atoms with Crippen LogP contribution in [-0.2, 0) is 19.2 Å². The van der Waals surface area contributed by atoms with Gasteiger partial charge in [0.25, 0.3) is 5.91 Å². The van der Waals surface area contributed by atoms with Gasteiger partial charge in [0, 0.05) is 18.5 Å². The molecule has 2 atom stereocenters. The fourth-order valence-electron chi connectivity index (χ4n) is 4.80. The maximum Gasteiger partial charge on any atom is 0.328 e. The minimum atomic E-state index is -1.16. The van der Waals surface area contributed by atoms with Crippen molar-refractivity contribution in [1.29, 1.82) is 0 Å². The standard InChI is InChI=1S/C24H32N2O6/c1-24(23(28)26-13-7-6-10-19(26)22(27)30-3)15-18(25-32-24)16-11-12-20(29-2)21(14-16)31-17-8-4-5-9-17/h11-12,14,17,19H,4-10,13,15H2,1-3H3. The zero-order valence-corrected chi connectivity index (χ0v) is 19.1. The second-order valence-electron chi connectivity index (χ2n) is 8.96. The lowest BCUT2D eigenvalue weighted by molar-refractivity contribution is -0.165. The van der Waals surface area contributed by atoms with Crippen molar-refractivity contribution in [3.63, 3.8) is 0 Å². The topological polar surface area (TPSA) is 86.7 Å². The molecule has 2 unspecified atom stereocenters. The molecule has 8 nitrogen and oxygen atoms in total. The van der Waals surface area contributed by atoms with E-state index in [1.54, 1.807) is 18.9 Å². The molecule has 1 amide bonds. The van der Waals surface area contributed by atoms with Crippen LogP contribution < -0.4 is 9.47 Å². The molecule has 1 saturated carbocycles. The van der Waals surface area contributed by atoms with Gasteiger partial charge in [0.05, 0.1) is 26.0 Å². The van der Waals surface area contributed by atoms with E-state index < -0.39 is 11.6 Å². The Balaban J connectivity index is 1.50. The number of carbonyl (C=O) groups is 2. The normalized spacial score (nSPS) is 25.8. The van der Waals surface area contributed by atoms with Crippen molar-refractivity contribution in [2.24, 2.45) is 5.16 Å². The van der Waals surface area contributed by atoms with Gasteiger partial charge in [0.1, 0.15) is 6.04 Å². The highest BCUT2D eigenvalue weighted by Crippen LogP contribution is 2.36. The summed E-state index contributed by atoms with van der Waals surface area (Å²) in [6.07, 6.45) is 7.29. The minimum absolute atomic E-state index is 0.196. The molecule has 3 aliphatic rings. The van der Waals surface area contributed by atoms with E-state index in [1.807, 2.05) is 18.2 Å². The zero-order chi connectivity index (χ0) is 22.7. The number of hydrogen-bond donors (Lipinski definition) is 0. The number of carbonyl (C=O) groups excluding carboxylic acids is 2. The maximum absolute atomic E-state index is 13.4. The third kappa shape index (κ3) is 4.40. The Labute approximate surface area is 188 Å². The van der Waals surface area contributed by atoms with Crippen LogP contribution in [0.3, 0.4) is 0 Å². The van der Waals surface area contributed by atoms with Gasteiger partial charge in [-0.1, -0.05) is 5.16 Å². The van der Waals surface area contributed by atoms with Crippen LogP contribution in [-0.4, -0.2) is 61.0 Å². The summed E-state index contributed by atoms with van der Waals surface area (Å²) in [5, 5.41) is 4.25. The monoisotopic (exact) mass is 444 g/mol. The number of methoxy groups -OCH3 is 2. The van der Waals surface area contributed by atoms with Crippen molar-refractivity contribution in [2.75, 3.05) is 20.8 Å². The minimum Gasteiger partial charge on any atom is -0.493 e. The number of hydrogen-bond acceptors (Lipinski definition) is 7. The van der Waals surface area contributed by atoms with Gasteiger partial charge in [-0.2, -0.15) is 0 Å². The molecule has 174 valence electrons. The van der Waals surface area contributed by atoms with E-state index in [0.717, 1.165) is 31.2 Å². The number of nitrogens with zero attached hydrogens (tertiary/aromatic N) is 2. The lowest BCUT2D eigenvalue weighted by Gasteiger charge is -2.37. The molecule has 1 aliphatic carbocycles. The second-order valence-corrected chi connectivity index (χ2v) is 8.96. The molecule has 1 aromatic carbocycles. The molecule has 0 aromatic heterocycles. The average molecular weight is 445 g/mol. The van der Waals surface area contributed by atoms with E-state index >= 15 is 0 Å². The number of rotatable bonds is 6. The zero-order valence-electron chi connectivity index (χ0n) is 19.1. The van der Waals surface area contributed by atoms with Crippen molar-refractivity contribution >= 4 is 17.6 Å². The lowest BCUT2D eigenvalue weighted by atomic mass is 9.92. The van der Waals surface area contributed by atoms with Crippen LogP contribution in [0.15, 0.2) is 23.4 Å². The molecule has 8 heteroatoms. The van der Waals surface area contributed by atoms with Gasteiger partial charge in [-0.15, -0.1) is 0 Å². The molecule has 2 heterocycles. The molecule has 0 N–H and O–H groups in total. The van der Waals surface area contributed by atoms with Crippen LogP contribution >= 0.6 is 0 Å². The van der Waals surface area contributed by atoms with E-state index in [4.69, 9.17) is 19.0 Å². The van der Waals surface area contributed by atoms with Gasteiger partial charge in [-0.25, -0.2) is 4.79 Å².